The lowest BCUT2D eigenvalue weighted by molar-refractivity contribution is 0.152. The van der Waals surface area contributed by atoms with E-state index in [9.17, 15) is 0 Å². The van der Waals surface area contributed by atoms with Gasteiger partial charge in [-0.3, -0.25) is 0 Å². The van der Waals surface area contributed by atoms with Gasteiger partial charge in [0, 0.05) is 37.5 Å². The fraction of sp³-hybridized carbons (Fsp3) is 0.647. The van der Waals surface area contributed by atoms with E-state index in [1.807, 2.05) is 0 Å². The number of benzene rings is 1. The average Bonchev–Trinajstić information content (AvgIpc) is 2.87. The van der Waals surface area contributed by atoms with Crippen molar-refractivity contribution in [3.63, 3.8) is 0 Å². The van der Waals surface area contributed by atoms with Gasteiger partial charge in [-0.2, -0.15) is 0 Å². The minimum atomic E-state index is 0.325. The van der Waals surface area contributed by atoms with Crippen LogP contribution in [0.15, 0.2) is 24.3 Å². The van der Waals surface area contributed by atoms with Crippen molar-refractivity contribution in [2.75, 3.05) is 31.2 Å². The molecule has 3 rings (SSSR count). The summed E-state index contributed by atoms with van der Waals surface area (Å²) >= 11 is 0. The zero-order valence-corrected chi connectivity index (χ0v) is 12.5. The fourth-order valence-corrected chi connectivity index (χ4v) is 3.66. The predicted octanol–water partition coefficient (Wildman–Crippen LogP) is 2.95. The molecule has 0 radical (unpaired) electrons. The van der Waals surface area contributed by atoms with Gasteiger partial charge in [0.25, 0.3) is 0 Å². The minimum Gasteiger partial charge on any atom is -0.380 e. The number of nitrogens with one attached hydrogen (secondary N) is 1. The van der Waals surface area contributed by atoms with E-state index in [4.69, 9.17) is 4.74 Å². The van der Waals surface area contributed by atoms with Crippen LogP contribution < -0.4 is 10.2 Å². The van der Waals surface area contributed by atoms with Gasteiger partial charge in [-0.1, -0.05) is 31.0 Å². The van der Waals surface area contributed by atoms with Crippen molar-refractivity contribution in [1.29, 1.82) is 0 Å². The van der Waals surface area contributed by atoms with Gasteiger partial charge in [-0.15, -0.1) is 0 Å². The Morgan fingerprint density at radius 3 is 2.85 bits per heavy atom. The highest BCUT2D eigenvalue weighted by Gasteiger charge is 2.37. The molecular weight excluding hydrogens is 248 g/mol. The van der Waals surface area contributed by atoms with E-state index in [1.54, 1.807) is 0 Å². The molecule has 1 aromatic rings. The summed E-state index contributed by atoms with van der Waals surface area (Å²) in [5.41, 5.74) is 3.14. The summed E-state index contributed by atoms with van der Waals surface area (Å²) in [5, 5.41) is 3.85. The predicted molar refractivity (Wildman–Crippen MR) is 83.2 cm³/mol. The zero-order chi connectivity index (χ0) is 13.8. The molecule has 1 spiro atoms. The van der Waals surface area contributed by atoms with E-state index in [-0.39, 0.29) is 0 Å². The summed E-state index contributed by atoms with van der Waals surface area (Å²) in [7, 11) is 0. The molecule has 1 aliphatic heterocycles. The van der Waals surface area contributed by atoms with Crippen LogP contribution in [-0.4, -0.2) is 31.8 Å². The molecule has 0 unspecified atom stereocenters. The number of nitrogens with zero attached hydrogens (tertiary/aromatic N) is 1. The molecule has 20 heavy (non-hydrogen) atoms. The third-order valence-corrected chi connectivity index (χ3v) is 4.75. The average molecular weight is 274 g/mol. The smallest absolute Gasteiger partial charge is 0.0641 e. The first-order valence-corrected chi connectivity index (χ1v) is 7.99. The van der Waals surface area contributed by atoms with Crippen LogP contribution in [0.25, 0.3) is 0 Å². The van der Waals surface area contributed by atoms with Crippen LogP contribution in [0.5, 0.6) is 0 Å². The quantitative estimate of drug-likeness (QED) is 0.854. The van der Waals surface area contributed by atoms with Crippen molar-refractivity contribution >= 4 is 5.69 Å². The lowest BCUT2D eigenvalue weighted by atomic mass is 9.97. The van der Waals surface area contributed by atoms with Gasteiger partial charge in [-0.05, 0) is 31.4 Å². The highest BCUT2D eigenvalue weighted by atomic mass is 16.5. The second kappa shape index (κ2) is 6.15. The van der Waals surface area contributed by atoms with E-state index in [0.29, 0.717) is 5.54 Å². The minimum absolute atomic E-state index is 0.325. The normalized spacial score (nSPS) is 20.9. The molecule has 1 heterocycles. The fourth-order valence-electron chi connectivity index (χ4n) is 3.66. The molecule has 1 saturated carbocycles. The molecule has 0 saturated heterocycles. The van der Waals surface area contributed by atoms with E-state index in [1.165, 1.54) is 36.9 Å². The number of fused-ring (bicyclic) bond motifs is 1. The first-order valence-electron chi connectivity index (χ1n) is 7.99. The van der Waals surface area contributed by atoms with Crippen LogP contribution in [0.4, 0.5) is 5.69 Å². The maximum Gasteiger partial charge on any atom is 0.0641 e. The van der Waals surface area contributed by atoms with Gasteiger partial charge in [0.15, 0.2) is 0 Å². The number of anilines is 1. The Hall–Kier alpha value is -1.06. The standard InChI is InChI=1S/C17H26N2O/c1-2-20-12-11-19-14-17(9-5-6-10-17)18-13-15-7-3-4-8-16(15)19/h3-4,7-8,18H,2,5-6,9-14H2,1H3. The van der Waals surface area contributed by atoms with Gasteiger partial charge in [0.2, 0.25) is 0 Å². The van der Waals surface area contributed by atoms with Crippen molar-refractivity contribution in [1.82, 2.24) is 5.32 Å². The van der Waals surface area contributed by atoms with Crippen molar-refractivity contribution in [2.45, 2.75) is 44.7 Å². The zero-order valence-electron chi connectivity index (χ0n) is 12.5. The Balaban J connectivity index is 1.81. The summed E-state index contributed by atoms with van der Waals surface area (Å²) in [4.78, 5) is 2.54. The first-order chi connectivity index (χ1) is 9.83. The van der Waals surface area contributed by atoms with Crippen molar-refractivity contribution in [3.8, 4) is 0 Å². The number of hydrogen-bond donors (Lipinski definition) is 1. The van der Waals surface area contributed by atoms with Crippen molar-refractivity contribution < 1.29 is 4.74 Å². The summed E-state index contributed by atoms with van der Waals surface area (Å²) < 4.78 is 5.58. The molecule has 1 N–H and O–H groups in total. The van der Waals surface area contributed by atoms with Crippen LogP contribution in [0.3, 0.4) is 0 Å². The van der Waals surface area contributed by atoms with E-state index in [0.717, 1.165) is 32.8 Å². The second-order valence-corrected chi connectivity index (χ2v) is 6.09. The number of hydrogen-bond acceptors (Lipinski definition) is 3. The molecular formula is C17H26N2O. The molecule has 0 atom stereocenters. The summed E-state index contributed by atoms with van der Waals surface area (Å²) in [6, 6.07) is 8.81. The van der Waals surface area contributed by atoms with Crippen molar-refractivity contribution in [2.24, 2.45) is 0 Å². The monoisotopic (exact) mass is 274 g/mol. The Morgan fingerprint density at radius 2 is 2.05 bits per heavy atom. The third-order valence-electron chi connectivity index (χ3n) is 4.75. The SMILES string of the molecule is CCOCCN1CC2(CCCC2)NCc2ccccc21. The number of para-hydroxylation sites is 1. The first kappa shape index (κ1) is 13.9. The van der Waals surface area contributed by atoms with Gasteiger partial charge < -0.3 is 15.0 Å². The Bertz CT molecular complexity index is 440. The van der Waals surface area contributed by atoms with Crippen molar-refractivity contribution in [3.05, 3.63) is 29.8 Å². The molecule has 0 amide bonds. The highest BCUT2D eigenvalue weighted by molar-refractivity contribution is 5.55. The molecule has 1 fully saturated rings. The molecule has 1 aromatic carbocycles. The maximum absolute atomic E-state index is 5.58. The van der Waals surface area contributed by atoms with Crippen LogP contribution >= 0.6 is 0 Å². The molecule has 110 valence electrons. The largest absolute Gasteiger partial charge is 0.380 e. The Kier molecular flexibility index (Phi) is 4.27. The molecule has 0 aromatic heterocycles. The third kappa shape index (κ3) is 2.84. The number of ether oxygens (including phenoxy) is 1. The van der Waals surface area contributed by atoms with E-state index < -0.39 is 0 Å². The van der Waals surface area contributed by atoms with Gasteiger partial charge in [-0.25, -0.2) is 0 Å². The Labute approximate surface area is 122 Å². The summed E-state index contributed by atoms with van der Waals surface area (Å²) in [6.07, 6.45) is 5.35. The molecule has 3 heteroatoms. The topological polar surface area (TPSA) is 24.5 Å². The van der Waals surface area contributed by atoms with Crippen LogP contribution in [-0.2, 0) is 11.3 Å². The number of rotatable bonds is 4. The van der Waals surface area contributed by atoms with E-state index in [2.05, 4.69) is 41.4 Å². The molecule has 3 nitrogen and oxygen atoms in total. The molecule has 0 bridgehead atoms. The Morgan fingerprint density at radius 1 is 1.25 bits per heavy atom. The lowest BCUT2D eigenvalue weighted by Crippen LogP contribution is -2.50. The van der Waals surface area contributed by atoms with Crippen LogP contribution in [0.1, 0.15) is 38.2 Å². The van der Waals surface area contributed by atoms with Crippen LogP contribution in [0.2, 0.25) is 0 Å². The van der Waals surface area contributed by atoms with Gasteiger partial charge in [0.1, 0.15) is 0 Å². The molecule has 1 aliphatic carbocycles. The second-order valence-electron chi connectivity index (χ2n) is 6.09. The summed E-state index contributed by atoms with van der Waals surface area (Å²) in [6.45, 7) is 6.81. The highest BCUT2D eigenvalue weighted by Crippen LogP contribution is 2.35. The van der Waals surface area contributed by atoms with E-state index >= 15 is 0 Å². The molecule has 2 aliphatic rings. The lowest BCUT2D eigenvalue weighted by Gasteiger charge is -2.34. The maximum atomic E-state index is 5.58. The summed E-state index contributed by atoms with van der Waals surface area (Å²) in [5.74, 6) is 0. The van der Waals surface area contributed by atoms with Crippen LogP contribution in [0, 0.1) is 0 Å². The van der Waals surface area contributed by atoms with Gasteiger partial charge >= 0.3 is 0 Å². The van der Waals surface area contributed by atoms with Gasteiger partial charge in [0.05, 0.1) is 6.61 Å².